The molecule has 0 radical (unpaired) electrons. The van der Waals surface area contributed by atoms with Crippen LogP contribution in [0.3, 0.4) is 0 Å². The molecule has 0 atom stereocenters. The van der Waals surface area contributed by atoms with Gasteiger partial charge in [-0.1, -0.05) is 0 Å². The second-order valence-corrected chi connectivity index (χ2v) is 5.09. The van der Waals surface area contributed by atoms with Crippen molar-refractivity contribution in [2.45, 2.75) is 6.92 Å². The minimum absolute atomic E-state index is 0.792. The summed E-state index contributed by atoms with van der Waals surface area (Å²) in [5.74, 6) is 0. The van der Waals surface area contributed by atoms with E-state index < -0.39 is 0 Å². The standard InChI is InChI=1S/C13H15N3OS/c1-10-11(3-2-4-14-10)12-9-18-13(15-12)16-5-7-17-8-6-16/h2-4,9H,5-8H2,1H3. The predicted octanol–water partition coefficient (Wildman–Crippen LogP) is 2.35. The number of hydrogen-bond donors (Lipinski definition) is 0. The van der Waals surface area contributed by atoms with E-state index >= 15 is 0 Å². The zero-order valence-electron chi connectivity index (χ0n) is 10.3. The molecule has 0 saturated carbocycles. The molecule has 18 heavy (non-hydrogen) atoms. The number of aryl methyl sites for hydroxylation is 1. The van der Waals surface area contributed by atoms with Crippen LogP contribution in [-0.2, 0) is 4.74 Å². The lowest BCUT2D eigenvalue weighted by atomic mass is 10.1. The highest BCUT2D eigenvalue weighted by Gasteiger charge is 2.15. The first-order valence-corrected chi connectivity index (χ1v) is 6.93. The van der Waals surface area contributed by atoms with Crippen LogP contribution in [0.5, 0.6) is 0 Å². The molecule has 4 nitrogen and oxygen atoms in total. The molecule has 1 aliphatic rings. The fourth-order valence-corrected chi connectivity index (χ4v) is 2.92. The average Bonchev–Trinajstić information content (AvgIpc) is 2.90. The first-order chi connectivity index (χ1) is 8.84. The van der Waals surface area contributed by atoms with Gasteiger partial charge in [0.25, 0.3) is 0 Å². The van der Waals surface area contributed by atoms with Gasteiger partial charge in [0.05, 0.1) is 18.9 Å². The minimum atomic E-state index is 0.792. The van der Waals surface area contributed by atoms with Crippen LogP contribution in [0.25, 0.3) is 11.3 Å². The highest BCUT2D eigenvalue weighted by Crippen LogP contribution is 2.28. The molecule has 2 aromatic heterocycles. The Bertz CT molecular complexity index is 535. The van der Waals surface area contributed by atoms with E-state index in [1.807, 2.05) is 19.2 Å². The normalized spacial score (nSPS) is 15.9. The quantitative estimate of drug-likeness (QED) is 0.831. The number of hydrogen-bond acceptors (Lipinski definition) is 5. The molecule has 2 aromatic rings. The van der Waals surface area contributed by atoms with Crippen molar-refractivity contribution in [2.24, 2.45) is 0 Å². The molecular weight excluding hydrogens is 246 g/mol. The second-order valence-electron chi connectivity index (χ2n) is 4.25. The molecule has 3 heterocycles. The van der Waals surface area contributed by atoms with E-state index in [1.165, 1.54) is 0 Å². The van der Waals surface area contributed by atoms with Crippen molar-refractivity contribution in [3.05, 3.63) is 29.4 Å². The number of ether oxygens (including phenoxy) is 1. The smallest absolute Gasteiger partial charge is 0.186 e. The van der Waals surface area contributed by atoms with Gasteiger partial charge >= 0.3 is 0 Å². The van der Waals surface area contributed by atoms with Gasteiger partial charge in [0.2, 0.25) is 0 Å². The summed E-state index contributed by atoms with van der Waals surface area (Å²) in [6.45, 7) is 5.46. The molecule has 0 N–H and O–H groups in total. The lowest BCUT2D eigenvalue weighted by molar-refractivity contribution is 0.122. The number of nitrogens with zero attached hydrogens (tertiary/aromatic N) is 3. The number of thiazole rings is 1. The van der Waals surface area contributed by atoms with Gasteiger partial charge in [0.1, 0.15) is 0 Å². The first kappa shape index (κ1) is 11.6. The van der Waals surface area contributed by atoms with Crippen molar-refractivity contribution in [2.75, 3.05) is 31.2 Å². The van der Waals surface area contributed by atoms with E-state index in [4.69, 9.17) is 9.72 Å². The van der Waals surface area contributed by atoms with E-state index in [0.29, 0.717) is 0 Å². The van der Waals surface area contributed by atoms with Gasteiger partial charge in [0.15, 0.2) is 5.13 Å². The Morgan fingerprint density at radius 2 is 2.17 bits per heavy atom. The highest BCUT2D eigenvalue weighted by atomic mass is 32.1. The van der Waals surface area contributed by atoms with Crippen molar-refractivity contribution in [3.8, 4) is 11.3 Å². The third-order valence-corrected chi connectivity index (χ3v) is 3.96. The summed E-state index contributed by atoms with van der Waals surface area (Å²) in [6, 6.07) is 4.02. The molecule has 0 aromatic carbocycles. The summed E-state index contributed by atoms with van der Waals surface area (Å²) >= 11 is 1.69. The zero-order valence-corrected chi connectivity index (χ0v) is 11.1. The van der Waals surface area contributed by atoms with E-state index in [-0.39, 0.29) is 0 Å². The summed E-state index contributed by atoms with van der Waals surface area (Å²) in [7, 11) is 0. The molecule has 0 bridgehead atoms. The van der Waals surface area contributed by atoms with E-state index in [2.05, 4.69) is 21.3 Å². The number of rotatable bonds is 2. The maximum atomic E-state index is 5.36. The SMILES string of the molecule is Cc1ncccc1-c1csc(N2CCOCC2)n1. The Kier molecular flexibility index (Phi) is 3.25. The molecule has 0 unspecified atom stereocenters. The topological polar surface area (TPSA) is 38.2 Å². The third-order valence-electron chi connectivity index (χ3n) is 3.06. The molecular formula is C13H15N3OS. The van der Waals surface area contributed by atoms with Gasteiger partial charge in [-0.3, -0.25) is 4.98 Å². The monoisotopic (exact) mass is 261 g/mol. The lowest BCUT2D eigenvalue weighted by Gasteiger charge is -2.26. The fraction of sp³-hybridized carbons (Fsp3) is 0.385. The van der Waals surface area contributed by atoms with E-state index in [9.17, 15) is 0 Å². The molecule has 94 valence electrons. The van der Waals surface area contributed by atoms with Crippen molar-refractivity contribution in [3.63, 3.8) is 0 Å². The van der Waals surface area contributed by atoms with Crippen LogP contribution < -0.4 is 4.90 Å². The van der Waals surface area contributed by atoms with Crippen molar-refractivity contribution < 1.29 is 4.74 Å². The van der Waals surface area contributed by atoms with Crippen molar-refractivity contribution in [1.82, 2.24) is 9.97 Å². The van der Waals surface area contributed by atoms with Crippen LogP contribution in [-0.4, -0.2) is 36.3 Å². The average molecular weight is 261 g/mol. The Hall–Kier alpha value is -1.46. The first-order valence-electron chi connectivity index (χ1n) is 6.05. The summed E-state index contributed by atoms with van der Waals surface area (Å²) in [4.78, 5) is 11.3. The predicted molar refractivity (Wildman–Crippen MR) is 73.1 cm³/mol. The summed E-state index contributed by atoms with van der Waals surface area (Å²) in [5, 5.41) is 3.19. The molecule has 3 rings (SSSR count). The number of aromatic nitrogens is 2. The molecule has 1 aliphatic heterocycles. The molecule has 1 fully saturated rings. The molecule has 5 heteroatoms. The minimum Gasteiger partial charge on any atom is -0.378 e. The van der Waals surface area contributed by atoms with Gasteiger partial charge in [-0.25, -0.2) is 4.98 Å². The van der Waals surface area contributed by atoms with Crippen LogP contribution in [0.15, 0.2) is 23.7 Å². The number of anilines is 1. The van der Waals surface area contributed by atoms with Crippen LogP contribution >= 0.6 is 11.3 Å². The Balaban J connectivity index is 1.87. The second kappa shape index (κ2) is 5.04. The third kappa shape index (κ3) is 2.23. The molecule has 0 spiro atoms. The maximum absolute atomic E-state index is 5.36. The maximum Gasteiger partial charge on any atom is 0.186 e. The van der Waals surface area contributed by atoms with Crippen LogP contribution in [0, 0.1) is 6.92 Å². The molecule has 0 aliphatic carbocycles. The molecule has 0 amide bonds. The van der Waals surface area contributed by atoms with Crippen molar-refractivity contribution >= 4 is 16.5 Å². The molecule has 1 saturated heterocycles. The van der Waals surface area contributed by atoms with Gasteiger partial charge in [0, 0.05) is 35.9 Å². The Morgan fingerprint density at radius 3 is 2.94 bits per heavy atom. The Morgan fingerprint density at radius 1 is 1.33 bits per heavy atom. The largest absolute Gasteiger partial charge is 0.378 e. The van der Waals surface area contributed by atoms with Gasteiger partial charge in [-0.15, -0.1) is 11.3 Å². The van der Waals surface area contributed by atoms with Gasteiger partial charge in [-0.05, 0) is 19.1 Å². The van der Waals surface area contributed by atoms with Crippen molar-refractivity contribution in [1.29, 1.82) is 0 Å². The number of pyridine rings is 1. The lowest BCUT2D eigenvalue weighted by Crippen LogP contribution is -2.36. The van der Waals surface area contributed by atoms with E-state index in [0.717, 1.165) is 48.4 Å². The van der Waals surface area contributed by atoms with Crippen LogP contribution in [0.4, 0.5) is 5.13 Å². The Labute approximate surface area is 110 Å². The van der Waals surface area contributed by atoms with Gasteiger partial charge < -0.3 is 9.64 Å². The van der Waals surface area contributed by atoms with Crippen LogP contribution in [0.1, 0.15) is 5.69 Å². The van der Waals surface area contributed by atoms with Crippen LogP contribution in [0.2, 0.25) is 0 Å². The highest BCUT2D eigenvalue weighted by molar-refractivity contribution is 7.14. The number of morpholine rings is 1. The summed E-state index contributed by atoms with van der Waals surface area (Å²) < 4.78 is 5.36. The summed E-state index contributed by atoms with van der Waals surface area (Å²) in [5.41, 5.74) is 3.16. The van der Waals surface area contributed by atoms with Gasteiger partial charge in [-0.2, -0.15) is 0 Å². The summed E-state index contributed by atoms with van der Waals surface area (Å²) in [6.07, 6.45) is 1.81. The van der Waals surface area contributed by atoms with E-state index in [1.54, 1.807) is 11.3 Å². The fourth-order valence-electron chi connectivity index (χ4n) is 2.04. The zero-order chi connectivity index (χ0) is 12.4.